The molecule has 0 spiro atoms. The fourth-order valence-electron chi connectivity index (χ4n) is 9.09. The topological polar surface area (TPSA) is 35.6 Å². The predicted molar refractivity (Wildman–Crippen MR) is 250 cm³/mol. The summed E-state index contributed by atoms with van der Waals surface area (Å²) in [7, 11) is 0. The summed E-state index contributed by atoms with van der Waals surface area (Å²) in [4.78, 5) is 10.4. The number of nitrogens with zero attached hydrogens (tertiary/aromatic N) is 4. The minimum Gasteiger partial charge on any atom is -0.309 e. The Morgan fingerprint density at radius 1 is 0.283 bits per heavy atom. The Kier molecular flexibility index (Phi) is 7.82. The Balaban J connectivity index is 1.03. The molecule has 3 aromatic heterocycles. The van der Waals surface area contributed by atoms with Crippen molar-refractivity contribution in [3.63, 3.8) is 0 Å². The molecule has 0 radical (unpaired) electrons. The van der Waals surface area contributed by atoms with Crippen LogP contribution in [0.2, 0.25) is 0 Å². The van der Waals surface area contributed by atoms with Crippen LogP contribution in [0.5, 0.6) is 0 Å². The highest BCUT2D eigenvalue weighted by Gasteiger charge is 2.20. The van der Waals surface area contributed by atoms with E-state index in [1.807, 2.05) is 12.1 Å². The van der Waals surface area contributed by atoms with Gasteiger partial charge in [0.2, 0.25) is 0 Å². The van der Waals surface area contributed by atoms with Gasteiger partial charge in [-0.25, -0.2) is 9.97 Å². The molecule has 0 saturated heterocycles. The molecule has 0 atom stereocenters. The summed E-state index contributed by atoms with van der Waals surface area (Å²) in [6.07, 6.45) is 0. The van der Waals surface area contributed by atoms with Crippen molar-refractivity contribution in [1.82, 2.24) is 19.1 Å². The van der Waals surface area contributed by atoms with Crippen LogP contribution in [0.1, 0.15) is 0 Å². The number of hydrogen-bond donors (Lipinski definition) is 0. The number of benzene rings is 9. The lowest BCUT2D eigenvalue weighted by atomic mass is 10.0. The summed E-state index contributed by atoms with van der Waals surface area (Å²) >= 11 is 0. The second-order valence-corrected chi connectivity index (χ2v) is 15.4. The van der Waals surface area contributed by atoms with E-state index in [2.05, 4.69) is 215 Å². The zero-order valence-corrected chi connectivity index (χ0v) is 32.6. The molecule has 0 aliphatic heterocycles. The van der Waals surface area contributed by atoms with Crippen LogP contribution < -0.4 is 0 Å². The van der Waals surface area contributed by atoms with E-state index >= 15 is 0 Å². The molecule has 3 heterocycles. The van der Waals surface area contributed by atoms with Crippen LogP contribution in [0.3, 0.4) is 0 Å². The van der Waals surface area contributed by atoms with Gasteiger partial charge in [0.25, 0.3) is 0 Å². The molecule has 0 amide bonds. The molecule has 4 heteroatoms. The Morgan fingerprint density at radius 2 is 0.800 bits per heavy atom. The maximum absolute atomic E-state index is 5.22. The molecule has 60 heavy (non-hydrogen) atoms. The van der Waals surface area contributed by atoms with Gasteiger partial charge in [0.05, 0.1) is 39.1 Å². The third kappa shape index (κ3) is 5.53. The van der Waals surface area contributed by atoms with Crippen molar-refractivity contribution < 1.29 is 0 Å². The lowest BCUT2D eigenvalue weighted by Gasteiger charge is -2.14. The van der Waals surface area contributed by atoms with E-state index in [9.17, 15) is 0 Å². The lowest BCUT2D eigenvalue weighted by Crippen LogP contribution is -1.98. The Bertz CT molecular complexity index is 3570. The first-order valence-electron chi connectivity index (χ1n) is 20.4. The average molecular weight is 765 g/mol. The second kappa shape index (κ2) is 13.8. The van der Waals surface area contributed by atoms with Crippen molar-refractivity contribution in [1.29, 1.82) is 0 Å². The summed E-state index contributed by atoms with van der Waals surface area (Å²) in [5.74, 6) is 0.693. The molecule has 0 aliphatic carbocycles. The first kappa shape index (κ1) is 34.0. The highest BCUT2D eigenvalue weighted by atomic mass is 15.0. The number of aromatic nitrogens is 4. The summed E-state index contributed by atoms with van der Waals surface area (Å²) in [5.41, 5.74) is 14.2. The fraction of sp³-hybridized carbons (Fsp3) is 0. The molecule has 280 valence electrons. The zero-order chi connectivity index (χ0) is 39.6. The third-order valence-electron chi connectivity index (χ3n) is 11.9. The van der Waals surface area contributed by atoms with Crippen LogP contribution in [-0.4, -0.2) is 19.1 Å². The molecule has 9 aromatic carbocycles. The highest BCUT2D eigenvalue weighted by Crippen LogP contribution is 2.41. The fourth-order valence-corrected chi connectivity index (χ4v) is 9.09. The van der Waals surface area contributed by atoms with E-state index in [0.29, 0.717) is 5.82 Å². The standard InChI is InChI=1S/C56H36N4/c1-4-15-37(16-5-1)38-27-29-40(30-28-38)50-35-49(39-17-6-2-7-18-39)57-56(58-50)42-31-32-44-41(33-42)19-14-26-51(44)60-53-25-13-11-23-46(53)48-34-47-45-22-10-12-24-52(45)59(54(47)36-55(48)60)43-20-8-3-9-21-43/h1-36H. The smallest absolute Gasteiger partial charge is 0.160 e. The molecule has 4 nitrogen and oxygen atoms in total. The van der Waals surface area contributed by atoms with Crippen molar-refractivity contribution in [3.05, 3.63) is 218 Å². The Morgan fingerprint density at radius 3 is 1.48 bits per heavy atom. The molecule has 0 unspecified atom stereocenters. The van der Waals surface area contributed by atoms with E-state index < -0.39 is 0 Å². The van der Waals surface area contributed by atoms with Gasteiger partial charge in [-0.1, -0.05) is 164 Å². The molecule has 0 saturated carbocycles. The first-order valence-corrected chi connectivity index (χ1v) is 20.4. The predicted octanol–water partition coefficient (Wildman–Crippen LogP) is 14.5. The molecule has 0 N–H and O–H groups in total. The third-order valence-corrected chi connectivity index (χ3v) is 11.9. The summed E-state index contributed by atoms with van der Waals surface area (Å²) in [6, 6.07) is 77.9. The van der Waals surface area contributed by atoms with Gasteiger partial charge in [-0.05, 0) is 71.1 Å². The van der Waals surface area contributed by atoms with Crippen LogP contribution in [0.4, 0.5) is 0 Å². The molecular weight excluding hydrogens is 729 g/mol. The van der Waals surface area contributed by atoms with E-state index in [0.717, 1.165) is 50.2 Å². The van der Waals surface area contributed by atoms with Crippen LogP contribution >= 0.6 is 0 Å². The van der Waals surface area contributed by atoms with Gasteiger partial charge in [0.1, 0.15) is 0 Å². The minimum atomic E-state index is 0.693. The van der Waals surface area contributed by atoms with Crippen LogP contribution in [0.15, 0.2) is 218 Å². The Hall–Kier alpha value is -8.08. The second-order valence-electron chi connectivity index (χ2n) is 15.4. The Labute approximate surface area is 346 Å². The van der Waals surface area contributed by atoms with Gasteiger partial charge in [0, 0.05) is 49.3 Å². The van der Waals surface area contributed by atoms with Crippen molar-refractivity contribution in [3.8, 4) is 56.4 Å². The highest BCUT2D eigenvalue weighted by molar-refractivity contribution is 6.19. The molecule has 12 aromatic rings. The van der Waals surface area contributed by atoms with Crippen LogP contribution in [0.25, 0.3) is 111 Å². The lowest BCUT2D eigenvalue weighted by molar-refractivity contribution is 1.17. The monoisotopic (exact) mass is 764 g/mol. The summed E-state index contributed by atoms with van der Waals surface area (Å²) in [5, 5.41) is 7.24. The zero-order valence-electron chi connectivity index (χ0n) is 32.6. The van der Waals surface area contributed by atoms with Gasteiger partial charge in [0.15, 0.2) is 5.82 Å². The maximum atomic E-state index is 5.22. The molecule has 0 aliphatic rings. The van der Waals surface area contributed by atoms with Gasteiger partial charge in [-0.15, -0.1) is 0 Å². The van der Waals surface area contributed by atoms with Crippen LogP contribution in [0, 0.1) is 0 Å². The molecule has 12 rings (SSSR count). The van der Waals surface area contributed by atoms with Crippen LogP contribution in [-0.2, 0) is 0 Å². The maximum Gasteiger partial charge on any atom is 0.160 e. The van der Waals surface area contributed by atoms with Crippen molar-refractivity contribution >= 4 is 54.4 Å². The minimum absolute atomic E-state index is 0.693. The quantitative estimate of drug-likeness (QED) is 0.169. The summed E-state index contributed by atoms with van der Waals surface area (Å²) < 4.78 is 4.85. The largest absolute Gasteiger partial charge is 0.309 e. The SMILES string of the molecule is c1ccc(-c2ccc(-c3cc(-c4ccccc4)nc(-c4ccc5c(-n6c7ccccc7c7cc8c9ccccc9n(-c9ccccc9)c8cc76)cccc5c4)n3)cc2)cc1. The van der Waals surface area contributed by atoms with Crippen molar-refractivity contribution in [2.24, 2.45) is 0 Å². The number of rotatable bonds is 6. The number of fused-ring (bicyclic) bond motifs is 7. The first-order chi connectivity index (χ1) is 29.7. The van der Waals surface area contributed by atoms with E-state index in [4.69, 9.17) is 9.97 Å². The average Bonchev–Trinajstić information content (AvgIpc) is 3.83. The molecular formula is C56H36N4. The van der Waals surface area contributed by atoms with E-state index in [-0.39, 0.29) is 0 Å². The van der Waals surface area contributed by atoms with Gasteiger partial charge < -0.3 is 9.13 Å². The molecule has 0 fully saturated rings. The van der Waals surface area contributed by atoms with Gasteiger partial charge in [-0.3, -0.25) is 0 Å². The van der Waals surface area contributed by atoms with Crippen molar-refractivity contribution in [2.75, 3.05) is 0 Å². The van der Waals surface area contributed by atoms with E-state index in [1.165, 1.54) is 54.7 Å². The normalized spacial score (nSPS) is 11.7. The van der Waals surface area contributed by atoms with Crippen molar-refractivity contribution in [2.45, 2.75) is 0 Å². The number of para-hydroxylation sites is 3. The summed E-state index contributed by atoms with van der Waals surface area (Å²) in [6.45, 7) is 0. The van der Waals surface area contributed by atoms with E-state index in [1.54, 1.807) is 0 Å². The number of hydrogen-bond acceptors (Lipinski definition) is 2. The van der Waals surface area contributed by atoms with Gasteiger partial charge in [-0.2, -0.15) is 0 Å². The molecule has 0 bridgehead atoms. The van der Waals surface area contributed by atoms with Gasteiger partial charge >= 0.3 is 0 Å².